The maximum absolute atomic E-state index is 2.65. The van der Waals surface area contributed by atoms with Crippen LogP contribution in [0.25, 0.3) is 65.4 Å². The first kappa shape index (κ1) is 63.5. The first-order valence-electron chi connectivity index (χ1n) is 31.1. The first-order valence-corrected chi connectivity index (χ1v) is 53.0. The van der Waals surface area contributed by atoms with E-state index in [2.05, 4.69) is 323 Å². The summed E-state index contributed by atoms with van der Waals surface area (Å²) < 4.78 is 7.34. The smallest absolute Gasteiger partial charge is 1.00 e. The summed E-state index contributed by atoms with van der Waals surface area (Å²) in [6.45, 7) is 25.0. The zero-order valence-electron chi connectivity index (χ0n) is 52.3. The molecule has 0 bridgehead atoms. The standard InChI is InChI=1S/4C17H15.2C7H8Si.2ClH.2Hf/c4*1-12-10-13(2)17(11-12)16-9-5-7-14-6-3-4-8-15(14)16;2*1-8-7-5-3-2-4-6-7;;;;/h4*3-9,11-12H,1-2H3;2*2-6H,1H3;2*1H;;/p-2. The molecule has 10 aromatic rings. The van der Waals surface area contributed by atoms with Gasteiger partial charge in [-0.1, -0.05) is 0 Å². The van der Waals surface area contributed by atoms with Gasteiger partial charge in [0.25, 0.3) is 0 Å². The number of hydrogen-bond acceptors (Lipinski definition) is 0. The molecule has 88 heavy (non-hydrogen) atoms. The summed E-state index contributed by atoms with van der Waals surface area (Å²) in [4.78, 5) is 0. The van der Waals surface area contributed by atoms with Crippen molar-refractivity contribution in [3.63, 3.8) is 0 Å². The zero-order valence-corrected chi connectivity index (χ0v) is 63.0. The third kappa shape index (κ3) is 11.7. The van der Waals surface area contributed by atoms with Crippen molar-refractivity contribution >= 4 is 86.7 Å². The number of halogens is 2. The van der Waals surface area contributed by atoms with Crippen LogP contribution in [0, 0.1) is 23.7 Å². The molecule has 4 aliphatic carbocycles. The van der Waals surface area contributed by atoms with Gasteiger partial charge >= 0.3 is 532 Å². The third-order valence-corrected chi connectivity index (χ3v) is 74.1. The summed E-state index contributed by atoms with van der Waals surface area (Å²) in [7, 11) is 0. The van der Waals surface area contributed by atoms with Crippen LogP contribution in [-0.2, 0) is 40.1 Å². The molecule has 10 aromatic carbocycles. The van der Waals surface area contributed by atoms with E-state index in [1.807, 2.05) is 13.3 Å². The van der Waals surface area contributed by atoms with E-state index in [1.165, 1.54) is 87.6 Å². The predicted molar refractivity (Wildman–Crippen MR) is 371 cm³/mol. The molecule has 4 aliphatic rings. The van der Waals surface area contributed by atoms with Crippen molar-refractivity contribution in [1.82, 2.24) is 0 Å². The predicted octanol–water partition coefficient (Wildman–Crippen LogP) is 14.9. The second kappa shape index (κ2) is 27.2. The summed E-state index contributed by atoms with van der Waals surface area (Å²) >= 11 is -5.29. The van der Waals surface area contributed by atoms with Crippen LogP contribution in [0.2, 0.25) is 13.1 Å². The molecule has 4 unspecified atom stereocenters. The Morgan fingerprint density at radius 3 is 0.705 bits per heavy atom. The molecule has 0 saturated heterocycles. The average Bonchev–Trinajstić information content (AvgIpc) is 1.64. The van der Waals surface area contributed by atoms with Crippen LogP contribution >= 0.6 is 0 Å². The SMILES string of the molecule is CC1=[C]([Hf]([C]2=C(C)C(c3cccc4ccccc34)=CC2C)=[Si](C)c2ccccc2)C(C)C=C1c1cccc2ccccc12.CC1=[C]([Hf]([C]2=C(C)C(c3cccc4ccccc34)=CC2C)=[Si](C)c2ccccc2)C(C)C=C1c1cccc2ccccc12.[Cl-].[Cl-]. The van der Waals surface area contributed by atoms with E-state index in [0.29, 0.717) is 23.7 Å². The van der Waals surface area contributed by atoms with Gasteiger partial charge in [-0.3, -0.25) is 0 Å². The van der Waals surface area contributed by atoms with E-state index in [4.69, 9.17) is 0 Å². The van der Waals surface area contributed by atoms with E-state index >= 15 is 0 Å². The summed E-state index contributed by atoms with van der Waals surface area (Å²) in [6, 6.07) is 85.9. The van der Waals surface area contributed by atoms with E-state index < -0.39 is 51.1 Å². The topological polar surface area (TPSA) is 0 Å². The maximum Gasteiger partial charge on any atom is -1.00 e. The molecule has 0 spiro atoms. The molecule has 0 nitrogen and oxygen atoms in total. The van der Waals surface area contributed by atoms with Crippen LogP contribution in [0.5, 0.6) is 0 Å². The minimum Gasteiger partial charge on any atom is -1.00 e. The number of rotatable bonds is 10. The molecule has 0 fully saturated rings. The van der Waals surface area contributed by atoms with E-state index in [-0.39, 0.29) is 24.8 Å². The van der Waals surface area contributed by atoms with Crippen molar-refractivity contribution in [2.45, 2.75) is 68.5 Å². The number of allylic oxidation sites excluding steroid dienone is 16. The van der Waals surface area contributed by atoms with Gasteiger partial charge in [0.2, 0.25) is 0 Å². The number of fused-ring (bicyclic) bond motifs is 4. The minimum atomic E-state index is -2.64. The van der Waals surface area contributed by atoms with Gasteiger partial charge in [-0.15, -0.1) is 0 Å². The van der Waals surface area contributed by atoms with Crippen LogP contribution in [0.4, 0.5) is 0 Å². The zero-order chi connectivity index (χ0) is 59.3. The third-order valence-electron chi connectivity index (χ3n) is 19.3. The van der Waals surface area contributed by atoms with Gasteiger partial charge in [-0.2, -0.15) is 0 Å². The van der Waals surface area contributed by atoms with Crippen LogP contribution in [0.15, 0.2) is 290 Å². The van der Waals surface area contributed by atoms with Crippen LogP contribution in [0.1, 0.15) is 77.6 Å². The fourth-order valence-electron chi connectivity index (χ4n) is 15.2. The molecule has 0 N–H and O–H groups in total. The van der Waals surface area contributed by atoms with Crippen molar-refractivity contribution in [2.75, 3.05) is 0 Å². The number of hydrogen-bond donors (Lipinski definition) is 0. The van der Waals surface area contributed by atoms with Crippen molar-refractivity contribution in [2.24, 2.45) is 23.7 Å². The van der Waals surface area contributed by atoms with Gasteiger partial charge < -0.3 is 24.8 Å². The Kier molecular flexibility index (Phi) is 19.6. The molecule has 14 rings (SSSR count). The maximum atomic E-state index is 2.65. The Hall–Kier alpha value is -6.09. The largest absolute Gasteiger partial charge is 1.00 e. The first-order chi connectivity index (χ1) is 41.9. The Morgan fingerprint density at radius 2 is 0.466 bits per heavy atom. The Balaban J connectivity index is 0.000000178. The molecule has 6 heteroatoms. The molecular weight excluding hydrogens is 1470 g/mol. The molecule has 0 saturated carbocycles. The fraction of sp³-hybridized carbons (Fsp3) is 0.171. The second-order valence-corrected chi connectivity index (χ2v) is 65.6. The number of benzene rings is 10. The summed E-state index contributed by atoms with van der Waals surface area (Å²) in [5, 5.41) is 14.0. The van der Waals surface area contributed by atoms with Crippen molar-refractivity contribution < 1.29 is 64.9 Å². The molecule has 0 aliphatic heterocycles. The van der Waals surface area contributed by atoms with Crippen LogP contribution in [0.3, 0.4) is 0 Å². The van der Waals surface area contributed by atoms with Gasteiger partial charge in [0, 0.05) is 0 Å². The molecule has 0 heterocycles. The molecule has 0 aromatic heterocycles. The Labute approximate surface area is 551 Å². The fourth-order valence-corrected chi connectivity index (χ4v) is 76.8. The Bertz CT molecular complexity index is 4180. The average molecular weight is 1550 g/mol. The molecule has 0 radical (unpaired) electrons. The quantitative estimate of drug-likeness (QED) is 0.120. The second-order valence-electron chi connectivity index (χ2n) is 24.5. The Morgan fingerprint density at radius 1 is 0.261 bits per heavy atom. The van der Waals surface area contributed by atoms with Crippen LogP contribution in [-0.4, -0.2) is 11.0 Å². The molecular formula is C82H76Cl2Hf2Si2-2. The van der Waals surface area contributed by atoms with E-state index in [9.17, 15) is 0 Å². The normalized spacial score (nSPS) is 18.0. The van der Waals surface area contributed by atoms with Gasteiger partial charge in [-0.25, -0.2) is 0 Å². The minimum absolute atomic E-state index is 0. The summed E-state index contributed by atoms with van der Waals surface area (Å²) in [6.07, 6.45) is 10.4. The summed E-state index contributed by atoms with van der Waals surface area (Å²) in [5.41, 5.74) is 16.2. The van der Waals surface area contributed by atoms with E-state index in [1.54, 1.807) is 32.7 Å². The molecule has 0 amide bonds. The van der Waals surface area contributed by atoms with Gasteiger partial charge in [0.05, 0.1) is 0 Å². The van der Waals surface area contributed by atoms with Gasteiger partial charge in [0.15, 0.2) is 0 Å². The van der Waals surface area contributed by atoms with Crippen molar-refractivity contribution in [3.05, 3.63) is 313 Å². The molecule has 436 valence electrons. The van der Waals surface area contributed by atoms with Crippen molar-refractivity contribution in [1.29, 1.82) is 0 Å². The van der Waals surface area contributed by atoms with Crippen molar-refractivity contribution in [3.8, 4) is 0 Å². The monoisotopic (exact) mass is 1550 g/mol. The van der Waals surface area contributed by atoms with E-state index in [0.717, 1.165) is 0 Å². The summed E-state index contributed by atoms with van der Waals surface area (Å²) in [5.74, 6) is 1.92. The molecule has 4 atom stereocenters. The van der Waals surface area contributed by atoms with Gasteiger partial charge in [0.1, 0.15) is 0 Å². The van der Waals surface area contributed by atoms with Crippen LogP contribution < -0.4 is 35.2 Å². The van der Waals surface area contributed by atoms with Gasteiger partial charge in [-0.05, 0) is 0 Å².